The molecule has 0 saturated carbocycles. The Kier molecular flexibility index (Phi) is 7.79. The fourth-order valence-electron chi connectivity index (χ4n) is 2.60. The van der Waals surface area contributed by atoms with Crippen LogP contribution in [0.3, 0.4) is 0 Å². The number of nitrogens with one attached hydrogen (secondary N) is 1. The van der Waals surface area contributed by atoms with Gasteiger partial charge in [0.25, 0.3) is 5.91 Å². The molecular formula is C20H23BrN2O4. The number of rotatable bonds is 8. The lowest BCUT2D eigenvalue weighted by Crippen LogP contribution is -2.29. The lowest BCUT2D eigenvalue weighted by molar-refractivity contribution is -0.145. The van der Waals surface area contributed by atoms with Crippen molar-refractivity contribution in [2.75, 3.05) is 13.2 Å². The molecule has 0 heterocycles. The monoisotopic (exact) mass is 434 g/mol. The summed E-state index contributed by atoms with van der Waals surface area (Å²) in [5, 5.41) is 6.09. The Morgan fingerprint density at radius 1 is 1.19 bits per heavy atom. The quantitative estimate of drug-likeness (QED) is 0.386. The maximum atomic E-state index is 12.0. The van der Waals surface area contributed by atoms with Crippen LogP contribution in [0.25, 0.3) is 10.8 Å². The summed E-state index contributed by atoms with van der Waals surface area (Å²) in [4.78, 5) is 23.9. The van der Waals surface area contributed by atoms with E-state index in [1.807, 2.05) is 43.3 Å². The molecule has 7 heteroatoms. The zero-order valence-electron chi connectivity index (χ0n) is 15.6. The maximum absolute atomic E-state index is 12.0. The summed E-state index contributed by atoms with van der Waals surface area (Å²) >= 11 is 3.52. The molecule has 0 fully saturated rings. The van der Waals surface area contributed by atoms with Gasteiger partial charge in [-0.05, 0) is 53.0 Å². The molecule has 0 saturated heterocycles. The van der Waals surface area contributed by atoms with Crippen molar-refractivity contribution in [2.45, 2.75) is 27.2 Å². The molecule has 27 heavy (non-hydrogen) atoms. The van der Waals surface area contributed by atoms with Gasteiger partial charge in [0.1, 0.15) is 5.75 Å². The predicted molar refractivity (Wildman–Crippen MR) is 109 cm³/mol. The second-order valence-electron chi connectivity index (χ2n) is 5.89. The van der Waals surface area contributed by atoms with Crippen molar-refractivity contribution in [3.63, 3.8) is 0 Å². The Morgan fingerprint density at radius 3 is 2.63 bits per heavy atom. The Hall–Kier alpha value is -2.41. The van der Waals surface area contributed by atoms with E-state index in [4.69, 9.17) is 9.47 Å². The molecule has 2 rings (SSSR count). The first-order chi connectivity index (χ1) is 13.0. The molecule has 0 aliphatic rings. The Bertz CT molecular complexity index is 851. The minimum Gasteiger partial charge on any atom is -0.483 e. The second-order valence-corrected chi connectivity index (χ2v) is 6.68. The molecule has 6 nitrogen and oxygen atoms in total. The Balaban J connectivity index is 1.96. The molecule has 1 atom stereocenters. The highest BCUT2D eigenvalue weighted by atomic mass is 79.9. The molecule has 0 radical (unpaired) electrons. The number of carbonyl (C=O) groups excluding carboxylic acids is 2. The van der Waals surface area contributed by atoms with Crippen LogP contribution in [0.5, 0.6) is 5.75 Å². The van der Waals surface area contributed by atoms with E-state index in [2.05, 4.69) is 26.5 Å². The van der Waals surface area contributed by atoms with E-state index in [9.17, 15) is 9.59 Å². The fraction of sp³-hybridized carbons (Fsp3) is 0.350. The van der Waals surface area contributed by atoms with Crippen LogP contribution < -0.4 is 10.2 Å². The largest absolute Gasteiger partial charge is 0.483 e. The average Bonchev–Trinajstić information content (AvgIpc) is 2.67. The van der Waals surface area contributed by atoms with Gasteiger partial charge in [-0.2, -0.15) is 5.10 Å². The first kappa shape index (κ1) is 20.9. The molecule has 2 aromatic rings. The van der Waals surface area contributed by atoms with Crippen LogP contribution in [-0.2, 0) is 14.3 Å². The molecule has 0 unspecified atom stereocenters. The smallest absolute Gasteiger partial charge is 0.314 e. The SMILES string of the molecule is CCOC(=O)[C@H](CC)/C(C)=N/NC(=O)COc1ccc2ccccc2c1Br. The van der Waals surface area contributed by atoms with Crippen LogP contribution in [0, 0.1) is 5.92 Å². The van der Waals surface area contributed by atoms with Crippen LogP contribution in [-0.4, -0.2) is 30.8 Å². The number of ether oxygens (including phenoxy) is 2. The third-order valence-electron chi connectivity index (χ3n) is 4.03. The minimum absolute atomic E-state index is 0.191. The van der Waals surface area contributed by atoms with Gasteiger partial charge in [0.15, 0.2) is 6.61 Å². The van der Waals surface area contributed by atoms with E-state index in [1.165, 1.54) is 0 Å². The van der Waals surface area contributed by atoms with Gasteiger partial charge in [-0.25, -0.2) is 5.43 Å². The Labute approximate surface area is 167 Å². The number of esters is 1. The summed E-state index contributed by atoms with van der Waals surface area (Å²) in [5.41, 5.74) is 2.92. The van der Waals surface area contributed by atoms with Crippen molar-refractivity contribution in [1.29, 1.82) is 0 Å². The summed E-state index contributed by atoms with van der Waals surface area (Å²) in [7, 11) is 0. The number of carbonyl (C=O) groups is 2. The zero-order valence-corrected chi connectivity index (χ0v) is 17.2. The number of nitrogens with zero attached hydrogens (tertiary/aromatic N) is 1. The second kappa shape index (κ2) is 10.1. The number of hydrazone groups is 1. The maximum Gasteiger partial charge on any atom is 0.314 e. The molecule has 0 bridgehead atoms. The van der Waals surface area contributed by atoms with Crippen molar-refractivity contribution < 1.29 is 19.1 Å². The van der Waals surface area contributed by atoms with Gasteiger partial charge in [-0.15, -0.1) is 0 Å². The van der Waals surface area contributed by atoms with Crippen molar-refractivity contribution in [1.82, 2.24) is 5.43 Å². The number of hydrogen-bond donors (Lipinski definition) is 1. The van der Waals surface area contributed by atoms with Crippen LogP contribution in [0.4, 0.5) is 0 Å². The van der Waals surface area contributed by atoms with E-state index < -0.39 is 11.8 Å². The molecular weight excluding hydrogens is 412 g/mol. The summed E-state index contributed by atoms with van der Waals surface area (Å²) < 4.78 is 11.4. The van der Waals surface area contributed by atoms with Gasteiger partial charge in [0.2, 0.25) is 0 Å². The lowest BCUT2D eigenvalue weighted by atomic mass is 10.0. The van der Waals surface area contributed by atoms with E-state index in [1.54, 1.807) is 13.8 Å². The summed E-state index contributed by atoms with van der Waals surface area (Å²) in [5.74, 6) is -0.650. The van der Waals surface area contributed by atoms with Crippen LogP contribution in [0.2, 0.25) is 0 Å². The first-order valence-electron chi connectivity index (χ1n) is 8.77. The van der Waals surface area contributed by atoms with Crippen LogP contribution in [0.1, 0.15) is 27.2 Å². The van der Waals surface area contributed by atoms with E-state index in [0.717, 1.165) is 15.2 Å². The summed E-state index contributed by atoms with van der Waals surface area (Å²) in [6.07, 6.45) is 0.546. The first-order valence-corrected chi connectivity index (χ1v) is 9.56. The van der Waals surface area contributed by atoms with Gasteiger partial charge >= 0.3 is 5.97 Å². The molecule has 0 aliphatic carbocycles. The van der Waals surface area contributed by atoms with Gasteiger partial charge in [0.05, 0.1) is 17.0 Å². The molecule has 1 N–H and O–H groups in total. The van der Waals surface area contributed by atoms with E-state index in [-0.39, 0.29) is 12.6 Å². The average molecular weight is 435 g/mol. The van der Waals surface area contributed by atoms with E-state index >= 15 is 0 Å². The number of hydrogen-bond acceptors (Lipinski definition) is 5. The van der Waals surface area contributed by atoms with Crippen molar-refractivity contribution in [3.05, 3.63) is 40.9 Å². The minimum atomic E-state index is -0.471. The molecule has 2 aromatic carbocycles. The zero-order chi connectivity index (χ0) is 19.8. The van der Waals surface area contributed by atoms with Gasteiger partial charge in [-0.3, -0.25) is 9.59 Å². The molecule has 1 amide bonds. The normalized spacial score (nSPS) is 12.5. The van der Waals surface area contributed by atoms with Gasteiger partial charge in [-0.1, -0.05) is 37.3 Å². The summed E-state index contributed by atoms with van der Waals surface area (Å²) in [6, 6.07) is 11.6. The molecule has 0 aliphatic heterocycles. The highest BCUT2D eigenvalue weighted by Crippen LogP contribution is 2.32. The fourth-order valence-corrected chi connectivity index (χ4v) is 3.21. The third kappa shape index (κ3) is 5.53. The Morgan fingerprint density at radius 2 is 1.93 bits per heavy atom. The van der Waals surface area contributed by atoms with Crippen LogP contribution in [0.15, 0.2) is 46.0 Å². The standard InChI is InChI=1S/C20H23BrN2O4/c1-4-15(20(25)26-5-2)13(3)22-23-18(24)12-27-17-11-10-14-8-6-7-9-16(14)19(17)21/h6-11,15H,4-5,12H2,1-3H3,(H,23,24)/b22-13+/t15-/m1/s1. The molecule has 0 aromatic heterocycles. The van der Waals surface area contributed by atoms with Gasteiger partial charge < -0.3 is 9.47 Å². The molecule has 144 valence electrons. The van der Waals surface area contributed by atoms with E-state index in [0.29, 0.717) is 24.5 Å². The lowest BCUT2D eigenvalue weighted by Gasteiger charge is -2.13. The number of amides is 1. The third-order valence-corrected chi connectivity index (χ3v) is 4.85. The predicted octanol–water partition coefficient (Wildman–Crippen LogP) is 4.06. The highest BCUT2D eigenvalue weighted by molar-refractivity contribution is 9.10. The highest BCUT2D eigenvalue weighted by Gasteiger charge is 2.21. The topological polar surface area (TPSA) is 77.0 Å². The number of halogens is 1. The van der Waals surface area contributed by atoms with Crippen LogP contribution >= 0.6 is 15.9 Å². The van der Waals surface area contributed by atoms with Gasteiger partial charge in [0, 0.05) is 5.71 Å². The summed E-state index contributed by atoms with van der Waals surface area (Å²) in [6.45, 7) is 5.42. The number of benzene rings is 2. The number of fused-ring (bicyclic) bond motifs is 1. The van der Waals surface area contributed by atoms with Crippen molar-refractivity contribution in [2.24, 2.45) is 11.0 Å². The van der Waals surface area contributed by atoms with Crippen molar-refractivity contribution in [3.8, 4) is 5.75 Å². The molecule has 0 spiro atoms. The van der Waals surface area contributed by atoms with Crippen molar-refractivity contribution >= 4 is 44.3 Å².